The number of nitrogens with zero attached hydrogens (tertiary/aromatic N) is 1. The normalized spacial score (nSPS) is 18.8. The summed E-state index contributed by atoms with van der Waals surface area (Å²) in [7, 11) is 3.93. The standard InChI is InChI=1S/C12H13NO2.ClH/c1-13(2)8-3-4-10-9(7-8)11(14)12(15-10)5-6-12;/h3-4,7H,5-6H2,1-2H3;1H. The predicted molar refractivity (Wildman–Crippen MR) is 64.9 cm³/mol. The zero-order chi connectivity index (χ0) is 10.6. The van der Waals surface area contributed by atoms with Crippen molar-refractivity contribution in [3.8, 4) is 5.75 Å². The van der Waals surface area contributed by atoms with E-state index in [-0.39, 0.29) is 18.2 Å². The number of anilines is 1. The van der Waals surface area contributed by atoms with Crippen molar-refractivity contribution in [1.29, 1.82) is 0 Å². The van der Waals surface area contributed by atoms with Gasteiger partial charge in [-0.2, -0.15) is 0 Å². The maximum absolute atomic E-state index is 12.0. The summed E-state index contributed by atoms with van der Waals surface area (Å²) in [6.45, 7) is 0. The van der Waals surface area contributed by atoms with Gasteiger partial charge in [0.05, 0.1) is 5.56 Å². The number of Topliss-reactive ketones (excluding diaryl/α,β-unsaturated/α-hetero) is 1. The number of rotatable bonds is 1. The van der Waals surface area contributed by atoms with Crippen molar-refractivity contribution >= 4 is 23.9 Å². The highest BCUT2D eigenvalue weighted by Crippen LogP contribution is 2.50. The molecule has 0 atom stereocenters. The minimum atomic E-state index is -0.465. The highest BCUT2D eigenvalue weighted by Gasteiger charge is 2.57. The first-order valence-electron chi connectivity index (χ1n) is 5.18. The van der Waals surface area contributed by atoms with Crippen molar-refractivity contribution in [2.45, 2.75) is 18.4 Å². The zero-order valence-corrected chi connectivity index (χ0v) is 10.1. The number of benzene rings is 1. The molecule has 0 bridgehead atoms. The molecule has 3 rings (SSSR count). The Bertz CT molecular complexity index is 452. The molecule has 1 aliphatic carbocycles. The molecule has 1 saturated carbocycles. The first-order chi connectivity index (χ1) is 7.12. The summed E-state index contributed by atoms with van der Waals surface area (Å²) in [6, 6.07) is 5.80. The number of ether oxygens (including phenoxy) is 1. The van der Waals surface area contributed by atoms with Gasteiger partial charge < -0.3 is 9.64 Å². The molecule has 0 saturated heterocycles. The first-order valence-corrected chi connectivity index (χ1v) is 5.18. The lowest BCUT2D eigenvalue weighted by Crippen LogP contribution is -2.21. The van der Waals surface area contributed by atoms with Gasteiger partial charge in [-0.25, -0.2) is 0 Å². The summed E-state index contributed by atoms with van der Waals surface area (Å²) >= 11 is 0. The lowest BCUT2D eigenvalue weighted by Gasteiger charge is -2.12. The number of hydrogen-bond donors (Lipinski definition) is 0. The van der Waals surface area contributed by atoms with E-state index in [4.69, 9.17) is 4.74 Å². The summed E-state index contributed by atoms with van der Waals surface area (Å²) in [4.78, 5) is 14.0. The maximum Gasteiger partial charge on any atom is 0.210 e. The van der Waals surface area contributed by atoms with E-state index >= 15 is 0 Å². The van der Waals surface area contributed by atoms with E-state index in [9.17, 15) is 4.79 Å². The van der Waals surface area contributed by atoms with Crippen LogP contribution in [0.25, 0.3) is 0 Å². The van der Waals surface area contributed by atoms with Crippen LogP contribution in [0.3, 0.4) is 0 Å². The smallest absolute Gasteiger partial charge is 0.210 e. The van der Waals surface area contributed by atoms with Gasteiger partial charge in [0.25, 0.3) is 0 Å². The van der Waals surface area contributed by atoms with Crippen molar-refractivity contribution in [3.63, 3.8) is 0 Å². The van der Waals surface area contributed by atoms with E-state index < -0.39 is 5.60 Å². The van der Waals surface area contributed by atoms with Gasteiger partial charge in [-0.05, 0) is 31.0 Å². The molecule has 1 fully saturated rings. The number of ketones is 1. The highest BCUT2D eigenvalue weighted by molar-refractivity contribution is 6.09. The van der Waals surface area contributed by atoms with E-state index in [1.165, 1.54) is 0 Å². The molecular formula is C12H14ClNO2. The fourth-order valence-corrected chi connectivity index (χ4v) is 2.01. The van der Waals surface area contributed by atoms with Gasteiger partial charge in [0, 0.05) is 19.8 Å². The van der Waals surface area contributed by atoms with Gasteiger partial charge in [-0.3, -0.25) is 4.79 Å². The topological polar surface area (TPSA) is 29.5 Å². The van der Waals surface area contributed by atoms with Crippen LogP contribution in [0, 0.1) is 0 Å². The molecule has 86 valence electrons. The quantitative estimate of drug-likeness (QED) is 0.753. The molecule has 0 unspecified atom stereocenters. The zero-order valence-electron chi connectivity index (χ0n) is 9.32. The SMILES string of the molecule is CN(C)c1ccc2c(c1)C(=O)C1(CC1)O2.Cl. The molecule has 1 aromatic rings. The number of fused-ring (bicyclic) bond motifs is 1. The number of carbonyl (C=O) groups excluding carboxylic acids is 1. The number of hydrogen-bond acceptors (Lipinski definition) is 3. The van der Waals surface area contributed by atoms with Crippen LogP contribution < -0.4 is 9.64 Å². The minimum absolute atomic E-state index is 0. The van der Waals surface area contributed by atoms with Crippen molar-refractivity contribution in [3.05, 3.63) is 23.8 Å². The third-order valence-corrected chi connectivity index (χ3v) is 3.15. The lowest BCUT2D eigenvalue weighted by molar-refractivity contribution is 0.0820. The summed E-state index contributed by atoms with van der Waals surface area (Å²) in [5.41, 5.74) is 1.33. The molecule has 1 heterocycles. The van der Waals surface area contributed by atoms with E-state index in [0.717, 1.165) is 29.8 Å². The molecule has 0 aromatic heterocycles. The van der Waals surface area contributed by atoms with Crippen LogP contribution in [0.2, 0.25) is 0 Å². The molecule has 3 nitrogen and oxygen atoms in total. The van der Waals surface area contributed by atoms with Gasteiger partial charge in [0.15, 0.2) is 5.60 Å². The monoisotopic (exact) mass is 239 g/mol. The summed E-state index contributed by atoms with van der Waals surface area (Å²) < 4.78 is 5.68. The van der Waals surface area contributed by atoms with Crippen molar-refractivity contribution in [2.24, 2.45) is 0 Å². The Morgan fingerprint density at radius 1 is 1.31 bits per heavy atom. The first kappa shape index (κ1) is 11.3. The Hall–Kier alpha value is -1.22. The molecule has 0 amide bonds. The van der Waals surface area contributed by atoms with Gasteiger partial charge in [0.2, 0.25) is 5.78 Å². The summed E-state index contributed by atoms with van der Waals surface area (Å²) in [5.74, 6) is 0.921. The van der Waals surface area contributed by atoms with Crippen LogP contribution in [0.4, 0.5) is 5.69 Å². The second-order valence-electron chi connectivity index (χ2n) is 4.50. The fraction of sp³-hybridized carbons (Fsp3) is 0.417. The average Bonchev–Trinajstić information content (AvgIpc) is 2.92. The third kappa shape index (κ3) is 1.39. The minimum Gasteiger partial charge on any atom is -0.478 e. The summed E-state index contributed by atoms with van der Waals surface area (Å²) in [5, 5.41) is 0. The van der Waals surface area contributed by atoms with Gasteiger partial charge in [-0.1, -0.05) is 0 Å². The van der Waals surface area contributed by atoms with Crippen molar-refractivity contribution < 1.29 is 9.53 Å². The Balaban J connectivity index is 0.000000963. The number of halogens is 1. The van der Waals surface area contributed by atoms with Crippen LogP contribution in [0.1, 0.15) is 23.2 Å². The molecule has 1 aromatic carbocycles. The molecular weight excluding hydrogens is 226 g/mol. The Labute approximate surface area is 101 Å². The predicted octanol–water partition coefficient (Wildman–Crippen LogP) is 2.28. The average molecular weight is 240 g/mol. The molecule has 4 heteroatoms. The lowest BCUT2D eigenvalue weighted by atomic mass is 10.1. The molecule has 0 N–H and O–H groups in total. The van der Waals surface area contributed by atoms with Crippen molar-refractivity contribution in [2.75, 3.05) is 19.0 Å². The van der Waals surface area contributed by atoms with Gasteiger partial charge >= 0.3 is 0 Å². The molecule has 1 spiro atoms. The molecule has 2 aliphatic rings. The molecule has 1 aliphatic heterocycles. The Morgan fingerprint density at radius 3 is 2.56 bits per heavy atom. The Morgan fingerprint density at radius 2 is 2.00 bits per heavy atom. The van der Waals surface area contributed by atoms with Crippen LogP contribution >= 0.6 is 12.4 Å². The van der Waals surface area contributed by atoms with Gasteiger partial charge in [0.1, 0.15) is 5.75 Å². The highest BCUT2D eigenvalue weighted by atomic mass is 35.5. The van der Waals surface area contributed by atoms with Crippen molar-refractivity contribution in [1.82, 2.24) is 0 Å². The third-order valence-electron chi connectivity index (χ3n) is 3.15. The maximum atomic E-state index is 12.0. The number of carbonyl (C=O) groups is 1. The molecule has 0 radical (unpaired) electrons. The fourth-order valence-electron chi connectivity index (χ4n) is 2.01. The van der Waals surface area contributed by atoms with E-state index in [2.05, 4.69) is 0 Å². The van der Waals surface area contributed by atoms with E-state index in [1.807, 2.05) is 37.2 Å². The van der Waals surface area contributed by atoms with Crippen LogP contribution in [0.5, 0.6) is 5.75 Å². The molecule has 16 heavy (non-hydrogen) atoms. The van der Waals surface area contributed by atoms with E-state index in [1.54, 1.807) is 0 Å². The van der Waals surface area contributed by atoms with E-state index in [0.29, 0.717) is 0 Å². The van der Waals surface area contributed by atoms with Crippen LogP contribution in [-0.2, 0) is 0 Å². The van der Waals surface area contributed by atoms with Gasteiger partial charge in [-0.15, -0.1) is 12.4 Å². The van der Waals surface area contributed by atoms with Crippen LogP contribution in [-0.4, -0.2) is 25.5 Å². The van der Waals surface area contributed by atoms with Crippen LogP contribution in [0.15, 0.2) is 18.2 Å². The largest absolute Gasteiger partial charge is 0.478 e. The summed E-state index contributed by atoms with van der Waals surface area (Å²) in [6.07, 6.45) is 1.75. The second kappa shape index (κ2) is 3.39. The Kier molecular flexibility index (Phi) is 2.39. The second-order valence-corrected chi connectivity index (χ2v) is 4.50.